The van der Waals surface area contributed by atoms with E-state index in [-0.39, 0.29) is 29.9 Å². The van der Waals surface area contributed by atoms with Crippen LogP contribution in [0, 0.1) is 11.8 Å². The maximum Gasteiger partial charge on any atom is 0.243 e. The van der Waals surface area contributed by atoms with Crippen molar-refractivity contribution in [1.82, 2.24) is 15.2 Å². The van der Waals surface area contributed by atoms with Gasteiger partial charge in [-0.1, -0.05) is 50.3 Å². The van der Waals surface area contributed by atoms with Gasteiger partial charge in [-0.15, -0.1) is 0 Å². The summed E-state index contributed by atoms with van der Waals surface area (Å²) in [5.74, 6) is 0.901. The summed E-state index contributed by atoms with van der Waals surface area (Å²) in [6.45, 7) is 2.04. The van der Waals surface area contributed by atoms with Gasteiger partial charge in [-0.3, -0.25) is 19.4 Å². The fraction of sp³-hybridized carbons (Fsp3) is 0.533. The summed E-state index contributed by atoms with van der Waals surface area (Å²) in [4.78, 5) is 45.5. The Bertz CT molecular complexity index is 1100. The molecule has 0 bridgehead atoms. The van der Waals surface area contributed by atoms with Crippen LogP contribution in [0.15, 0.2) is 48.8 Å². The predicted octanol–water partition coefficient (Wildman–Crippen LogP) is 3.59. The predicted molar refractivity (Wildman–Crippen MR) is 145 cm³/mol. The molecular weight excluding hydrogens is 480 g/mol. The Hall–Kier alpha value is -3.26. The van der Waals surface area contributed by atoms with Crippen molar-refractivity contribution in [1.29, 1.82) is 0 Å². The lowest BCUT2D eigenvalue weighted by atomic mass is 9.79. The largest absolute Gasteiger partial charge is 0.496 e. The number of pyridine rings is 1. The first-order valence-electron chi connectivity index (χ1n) is 13.7. The van der Waals surface area contributed by atoms with Crippen LogP contribution in [-0.2, 0) is 20.8 Å². The summed E-state index contributed by atoms with van der Waals surface area (Å²) in [7, 11) is 1.58. The fourth-order valence-electron chi connectivity index (χ4n) is 6.05. The third-order valence-corrected chi connectivity index (χ3v) is 8.20. The Balaban J connectivity index is 1.50. The number of carbonyl (C=O) groups excluding carboxylic acids is 3. The van der Waals surface area contributed by atoms with Gasteiger partial charge in [0.15, 0.2) is 5.78 Å². The third kappa shape index (κ3) is 6.78. The molecule has 1 aromatic heterocycles. The number of benzene rings is 1. The Labute approximate surface area is 225 Å². The van der Waals surface area contributed by atoms with Gasteiger partial charge in [-0.25, -0.2) is 0 Å². The smallest absolute Gasteiger partial charge is 0.243 e. The molecule has 1 saturated carbocycles. The molecule has 2 amide bonds. The molecule has 4 atom stereocenters. The normalized spacial score (nSPS) is 21.5. The second-order valence-electron chi connectivity index (χ2n) is 10.7. The number of nitrogens with zero attached hydrogens (tertiary/aromatic N) is 2. The van der Waals surface area contributed by atoms with Gasteiger partial charge >= 0.3 is 0 Å². The van der Waals surface area contributed by atoms with Crippen LogP contribution in [0.2, 0.25) is 0 Å². The maximum absolute atomic E-state index is 13.6. The minimum atomic E-state index is -0.661. The van der Waals surface area contributed by atoms with E-state index >= 15 is 0 Å². The summed E-state index contributed by atoms with van der Waals surface area (Å²) in [6.07, 6.45) is 10.3. The Morgan fingerprint density at radius 3 is 2.47 bits per heavy atom. The number of hydrogen-bond donors (Lipinski definition) is 2. The molecule has 1 saturated heterocycles. The molecule has 1 aliphatic carbocycles. The van der Waals surface area contributed by atoms with E-state index in [1.165, 1.54) is 26.2 Å². The van der Waals surface area contributed by atoms with Crippen LogP contribution in [0.1, 0.15) is 69.0 Å². The van der Waals surface area contributed by atoms with Crippen LogP contribution in [0.5, 0.6) is 5.75 Å². The second-order valence-corrected chi connectivity index (χ2v) is 10.7. The lowest BCUT2D eigenvalue weighted by Gasteiger charge is -2.28. The van der Waals surface area contributed by atoms with Crippen LogP contribution in [0.4, 0.5) is 0 Å². The molecule has 0 spiro atoms. The molecule has 38 heavy (non-hydrogen) atoms. The van der Waals surface area contributed by atoms with Crippen molar-refractivity contribution in [3.8, 4) is 5.75 Å². The number of amides is 2. The van der Waals surface area contributed by atoms with Crippen LogP contribution < -0.4 is 15.8 Å². The quantitative estimate of drug-likeness (QED) is 0.495. The maximum atomic E-state index is 13.6. The first-order chi connectivity index (χ1) is 18.4. The van der Waals surface area contributed by atoms with Gasteiger partial charge in [0, 0.05) is 37.0 Å². The molecule has 1 unspecified atom stereocenters. The molecule has 204 valence electrons. The molecule has 2 heterocycles. The van der Waals surface area contributed by atoms with Gasteiger partial charge in [0.25, 0.3) is 0 Å². The number of methoxy groups -OCH3 is 1. The molecule has 1 aromatic carbocycles. The van der Waals surface area contributed by atoms with Crippen molar-refractivity contribution in [3.63, 3.8) is 0 Å². The van der Waals surface area contributed by atoms with Crippen molar-refractivity contribution in [3.05, 3.63) is 59.9 Å². The topological polar surface area (TPSA) is 115 Å². The number of nitrogens with one attached hydrogen (secondary N) is 1. The molecular formula is C30H40N4O4. The molecule has 2 aliphatic rings. The monoisotopic (exact) mass is 520 g/mol. The van der Waals surface area contributed by atoms with E-state index in [4.69, 9.17) is 10.5 Å². The Morgan fingerprint density at radius 1 is 1.08 bits per heavy atom. The summed E-state index contributed by atoms with van der Waals surface area (Å²) in [5.41, 5.74) is 8.15. The highest BCUT2D eigenvalue weighted by atomic mass is 16.5. The van der Waals surface area contributed by atoms with Crippen LogP contribution in [0.25, 0.3) is 0 Å². The number of Topliss-reactive ketones (excluding diaryl/α,β-unsaturated/α-hetero) is 1. The first-order valence-corrected chi connectivity index (χ1v) is 13.7. The highest BCUT2D eigenvalue weighted by molar-refractivity contribution is 5.92. The van der Waals surface area contributed by atoms with E-state index in [1.807, 2.05) is 36.4 Å². The van der Waals surface area contributed by atoms with Gasteiger partial charge in [-0.2, -0.15) is 0 Å². The Morgan fingerprint density at radius 2 is 1.79 bits per heavy atom. The molecule has 2 fully saturated rings. The van der Waals surface area contributed by atoms with E-state index in [9.17, 15) is 14.4 Å². The zero-order chi connectivity index (χ0) is 27.1. The second kappa shape index (κ2) is 13.0. The number of aromatic nitrogens is 1. The van der Waals surface area contributed by atoms with Gasteiger partial charge in [0.1, 0.15) is 11.8 Å². The molecule has 2 aromatic rings. The van der Waals surface area contributed by atoms with E-state index in [0.717, 1.165) is 24.0 Å². The molecule has 3 N–H and O–H groups in total. The number of ether oxygens (including phenoxy) is 1. The summed E-state index contributed by atoms with van der Waals surface area (Å²) in [6, 6.07) is 9.29. The van der Waals surface area contributed by atoms with Crippen molar-refractivity contribution < 1.29 is 19.1 Å². The molecule has 4 rings (SSSR count). The van der Waals surface area contributed by atoms with Crippen molar-refractivity contribution >= 4 is 17.6 Å². The zero-order valence-corrected chi connectivity index (χ0v) is 22.5. The average molecular weight is 521 g/mol. The number of rotatable bonds is 10. The van der Waals surface area contributed by atoms with E-state index in [0.29, 0.717) is 31.1 Å². The highest BCUT2D eigenvalue weighted by Crippen LogP contribution is 2.38. The first kappa shape index (κ1) is 27.8. The Kier molecular flexibility index (Phi) is 9.50. The lowest BCUT2D eigenvalue weighted by Crippen LogP contribution is -2.51. The van der Waals surface area contributed by atoms with Crippen molar-refractivity contribution in [2.24, 2.45) is 17.6 Å². The molecule has 1 aliphatic heterocycles. The zero-order valence-electron chi connectivity index (χ0n) is 22.5. The third-order valence-electron chi connectivity index (χ3n) is 8.20. The van der Waals surface area contributed by atoms with Crippen LogP contribution >= 0.6 is 0 Å². The minimum absolute atomic E-state index is 0.0781. The fourth-order valence-corrected chi connectivity index (χ4v) is 6.05. The van der Waals surface area contributed by atoms with E-state index in [2.05, 4.69) is 10.3 Å². The SMILES string of the molecule is COc1ccccc1[C@@H](N)CC(=O)N1CC(C2CCCCC2)C[C@H]1C(=O)N[C@@H](Cc1ccncc1)C(C)=O. The number of carbonyl (C=O) groups is 3. The van der Waals surface area contributed by atoms with E-state index < -0.39 is 18.1 Å². The number of hydrogen-bond acceptors (Lipinski definition) is 6. The summed E-state index contributed by atoms with van der Waals surface area (Å²) < 4.78 is 5.44. The van der Waals surface area contributed by atoms with Crippen molar-refractivity contribution in [2.45, 2.75) is 76.4 Å². The average Bonchev–Trinajstić information content (AvgIpc) is 3.39. The van der Waals surface area contributed by atoms with E-state index in [1.54, 1.807) is 24.4 Å². The van der Waals surface area contributed by atoms with Crippen LogP contribution in [0.3, 0.4) is 0 Å². The van der Waals surface area contributed by atoms with Gasteiger partial charge < -0.3 is 20.7 Å². The van der Waals surface area contributed by atoms with Gasteiger partial charge in [0.05, 0.1) is 13.2 Å². The van der Waals surface area contributed by atoms with Crippen molar-refractivity contribution in [2.75, 3.05) is 13.7 Å². The highest BCUT2D eigenvalue weighted by Gasteiger charge is 2.43. The molecule has 0 radical (unpaired) electrons. The summed E-state index contributed by atoms with van der Waals surface area (Å²) in [5, 5.41) is 2.96. The number of para-hydroxylation sites is 1. The summed E-state index contributed by atoms with van der Waals surface area (Å²) >= 11 is 0. The van der Waals surface area contributed by atoms with Gasteiger partial charge in [0.2, 0.25) is 11.8 Å². The molecule has 8 heteroatoms. The standard InChI is InChI=1S/C30H40N4O4/c1-20(35)26(16-21-12-14-32-15-13-21)33-30(37)27-17-23(22-8-4-3-5-9-22)19-34(27)29(36)18-25(31)24-10-6-7-11-28(24)38-2/h6-7,10-15,22-23,25-27H,3-5,8-9,16-19,31H2,1-2H3,(H,33,37)/t23?,25-,26-,27-/m0/s1. The van der Waals surface area contributed by atoms with Crippen LogP contribution in [-0.4, -0.2) is 53.2 Å². The number of ketones is 1. The number of nitrogens with two attached hydrogens (primary N) is 1. The number of likely N-dealkylation sites (tertiary alicyclic amines) is 1. The van der Waals surface area contributed by atoms with Gasteiger partial charge in [-0.05, 0) is 55.4 Å². The lowest BCUT2D eigenvalue weighted by molar-refractivity contribution is -0.139. The minimum Gasteiger partial charge on any atom is -0.496 e. The molecule has 8 nitrogen and oxygen atoms in total.